The Morgan fingerprint density at radius 1 is 0.852 bits per heavy atom. The van der Waals surface area contributed by atoms with Gasteiger partial charge in [0, 0.05) is 56.7 Å². The fourth-order valence-corrected chi connectivity index (χ4v) is 3.36. The Bertz CT molecular complexity index is 879. The van der Waals surface area contributed by atoms with E-state index in [-0.39, 0.29) is 0 Å². The van der Waals surface area contributed by atoms with Crippen LogP contribution in [0.25, 0.3) is 5.82 Å². The maximum absolute atomic E-state index is 4.59. The summed E-state index contributed by atoms with van der Waals surface area (Å²) in [4.78, 5) is 9.39. The van der Waals surface area contributed by atoms with Crippen molar-refractivity contribution >= 4 is 5.82 Å². The van der Waals surface area contributed by atoms with Gasteiger partial charge in [0.05, 0.1) is 5.69 Å². The summed E-state index contributed by atoms with van der Waals surface area (Å²) in [5, 5.41) is 13.1. The highest BCUT2D eigenvalue weighted by Crippen LogP contribution is 2.14. The molecule has 1 aliphatic heterocycles. The van der Waals surface area contributed by atoms with E-state index >= 15 is 0 Å². The SMILES string of the molecule is Cc1cccc(CCN2CCN(c3ccc(-n4ccc(C)n4)nn3)CC2)n1. The molecule has 1 saturated heterocycles. The number of aromatic nitrogens is 5. The number of hydrogen-bond acceptors (Lipinski definition) is 6. The second kappa shape index (κ2) is 7.84. The number of rotatable bonds is 5. The molecule has 7 nitrogen and oxygen atoms in total. The van der Waals surface area contributed by atoms with Crippen molar-refractivity contribution in [2.24, 2.45) is 0 Å². The first-order valence-corrected chi connectivity index (χ1v) is 9.43. The van der Waals surface area contributed by atoms with Crippen LogP contribution in [0.1, 0.15) is 17.1 Å². The summed E-state index contributed by atoms with van der Waals surface area (Å²) in [5.41, 5.74) is 3.23. The maximum atomic E-state index is 4.59. The van der Waals surface area contributed by atoms with E-state index in [2.05, 4.69) is 42.2 Å². The fraction of sp³-hybridized carbons (Fsp3) is 0.400. The topological polar surface area (TPSA) is 63.0 Å². The lowest BCUT2D eigenvalue weighted by atomic mass is 10.2. The number of hydrogen-bond donors (Lipinski definition) is 0. The minimum Gasteiger partial charge on any atom is -0.353 e. The third-order valence-electron chi connectivity index (χ3n) is 4.92. The van der Waals surface area contributed by atoms with Crippen molar-refractivity contribution in [2.75, 3.05) is 37.6 Å². The summed E-state index contributed by atoms with van der Waals surface area (Å²) in [6, 6.07) is 12.2. The van der Waals surface area contributed by atoms with Gasteiger partial charge in [0.15, 0.2) is 11.6 Å². The molecule has 1 aliphatic rings. The number of anilines is 1. The lowest BCUT2D eigenvalue weighted by Gasteiger charge is -2.35. The zero-order valence-electron chi connectivity index (χ0n) is 15.9. The molecule has 0 radical (unpaired) electrons. The molecule has 7 heteroatoms. The number of nitrogens with zero attached hydrogens (tertiary/aromatic N) is 7. The summed E-state index contributed by atoms with van der Waals surface area (Å²) in [6.45, 7) is 9.07. The van der Waals surface area contributed by atoms with Gasteiger partial charge in [-0.2, -0.15) is 5.10 Å². The van der Waals surface area contributed by atoms with Gasteiger partial charge < -0.3 is 4.90 Å². The molecular formula is C20H25N7. The van der Waals surface area contributed by atoms with Crippen molar-refractivity contribution in [1.82, 2.24) is 29.9 Å². The van der Waals surface area contributed by atoms with Crippen molar-refractivity contribution in [3.63, 3.8) is 0 Å². The third kappa shape index (κ3) is 4.31. The van der Waals surface area contributed by atoms with Gasteiger partial charge in [-0.25, -0.2) is 4.68 Å². The molecule has 0 aromatic carbocycles. The monoisotopic (exact) mass is 363 g/mol. The fourth-order valence-electron chi connectivity index (χ4n) is 3.36. The molecule has 4 rings (SSSR count). The van der Waals surface area contributed by atoms with Crippen LogP contribution in [-0.2, 0) is 6.42 Å². The third-order valence-corrected chi connectivity index (χ3v) is 4.92. The zero-order chi connectivity index (χ0) is 18.6. The van der Waals surface area contributed by atoms with Gasteiger partial charge in [-0.05, 0) is 44.2 Å². The smallest absolute Gasteiger partial charge is 0.175 e. The molecule has 0 N–H and O–H groups in total. The van der Waals surface area contributed by atoms with Crippen LogP contribution in [0.5, 0.6) is 0 Å². The maximum Gasteiger partial charge on any atom is 0.175 e. The van der Waals surface area contributed by atoms with E-state index in [0.717, 1.165) is 62.2 Å². The Balaban J connectivity index is 1.30. The van der Waals surface area contributed by atoms with Gasteiger partial charge >= 0.3 is 0 Å². The van der Waals surface area contributed by atoms with Crippen LogP contribution in [0.15, 0.2) is 42.6 Å². The van der Waals surface area contributed by atoms with Crippen LogP contribution >= 0.6 is 0 Å². The van der Waals surface area contributed by atoms with E-state index < -0.39 is 0 Å². The van der Waals surface area contributed by atoms with Crippen LogP contribution in [0.3, 0.4) is 0 Å². The molecule has 3 aromatic heterocycles. The van der Waals surface area contributed by atoms with Gasteiger partial charge in [-0.3, -0.25) is 9.88 Å². The van der Waals surface area contributed by atoms with E-state index in [4.69, 9.17) is 0 Å². The predicted octanol–water partition coefficient (Wildman–Crippen LogP) is 2.04. The summed E-state index contributed by atoms with van der Waals surface area (Å²) in [7, 11) is 0. The molecule has 1 fully saturated rings. The summed E-state index contributed by atoms with van der Waals surface area (Å²) >= 11 is 0. The molecule has 0 atom stereocenters. The van der Waals surface area contributed by atoms with Gasteiger partial charge in [0.25, 0.3) is 0 Å². The van der Waals surface area contributed by atoms with Crippen molar-refractivity contribution in [3.05, 3.63) is 59.7 Å². The van der Waals surface area contributed by atoms with Crippen LogP contribution in [0.4, 0.5) is 5.82 Å². The number of aryl methyl sites for hydroxylation is 2. The minimum absolute atomic E-state index is 0.746. The van der Waals surface area contributed by atoms with Crippen molar-refractivity contribution < 1.29 is 0 Å². The number of pyridine rings is 1. The highest BCUT2D eigenvalue weighted by Gasteiger charge is 2.18. The minimum atomic E-state index is 0.746. The Kier molecular flexibility index (Phi) is 5.11. The van der Waals surface area contributed by atoms with Crippen molar-refractivity contribution in [3.8, 4) is 5.82 Å². The van der Waals surface area contributed by atoms with Gasteiger partial charge in [0.1, 0.15) is 0 Å². The van der Waals surface area contributed by atoms with Gasteiger partial charge in [-0.15, -0.1) is 10.2 Å². The van der Waals surface area contributed by atoms with Gasteiger partial charge in [0.2, 0.25) is 0 Å². The van der Waals surface area contributed by atoms with Crippen LogP contribution in [-0.4, -0.2) is 62.6 Å². The standard InChI is InChI=1S/C20H25N7/c1-16-4-3-5-18(21-16)9-10-25-12-14-26(15-13-25)19-6-7-20(23-22-19)27-11-8-17(2)24-27/h3-8,11H,9-10,12-15H2,1-2H3. The summed E-state index contributed by atoms with van der Waals surface area (Å²) in [5.74, 6) is 1.68. The van der Waals surface area contributed by atoms with E-state index in [0.29, 0.717) is 0 Å². The molecule has 27 heavy (non-hydrogen) atoms. The first kappa shape index (κ1) is 17.6. The van der Waals surface area contributed by atoms with E-state index in [1.54, 1.807) is 4.68 Å². The molecule has 4 heterocycles. The zero-order valence-corrected chi connectivity index (χ0v) is 15.9. The van der Waals surface area contributed by atoms with Gasteiger partial charge in [-0.1, -0.05) is 6.07 Å². The van der Waals surface area contributed by atoms with Crippen molar-refractivity contribution in [2.45, 2.75) is 20.3 Å². The quantitative estimate of drug-likeness (QED) is 0.691. The normalized spacial score (nSPS) is 15.3. The summed E-state index contributed by atoms with van der Waals surface area (Å²) in [6.07, 6.45) is 2.90. The Morgan fingerprint density at radius 3 is 2.30 bits per heavy atom. The molecule has 3 aromatic rings. The van der Waals surface area contributed by atoms with Crippen LogP contribution in [0.2, 0.25) is 0 Å². The molecule has 0 amide bonds. The number of piperazine rings is 1. The molecule has 0 aliphatic carbocycles. The lowest BCUT2D eigenvalue weighted by molar-refractivity contribution is 0.259. The second-order valence-corrected chi connectivity index (χ2v) is 7.00. The highest BCUT2D eigenvalue weighted by atomic mass is 15.4. The van der Waals surface area contributed by atoms with Crippen molar-refractivity contribution in [1.29, 1.82) is 0 Å². The van der Waals surface area contributed by atoms with Crippen LogP contribution in [0, 0.1) is 13.8 Å². The largest absolute Gasteiger partial charge is 0.353 e. The Morgan fingerprint density at radius 2 is 1.63 bits per heavy atom. The van der Waals surface area contributed by atoms with E-state index in [1.165, 1.54) is 5.69 Å². The van der Waals surface area contributed by atoms with Crippen LogP contribution < -0.4 is 4.90 Å². The first-order valence-electron chi connectivity index (χ1n) is 9.43. The molecule has 140 valence electrons. The summed E-state index contributed by atoms with van der Waals surface area (Å²) < 4.78 is 1.75. The average Bonchev–Trinajstić information content (AvgIpc) is 3.13. The Hall–Kier alpha value is -2.80. The molecular weight excluding hydrogens is 338 g/mol. The molecule has 0 spiro atoms. The molecule has 0 bridgehead atoms. The molecule has 0 unspecified atom stereocenters. The molecule has 0 saturated carbocycles. The van der Waals surface area contributed by atoms with E-state index in [9.17, 15) is 0 Å². The Labute approximate surface area is 159 Å². The van der Waals surface area contributed by atoms with E-state index in [1.807, 2.05) is 44.3 Å². The lowest BCUT2D eigenvalue weighted by Crippen LogP contribution is -2.47. The highest BCUT2D eigenvalue weighted by molar-refractivity contribution is 5.40. The second-order valence-electron chi connectivity index (χ2n) is 7.00. The average molecular weight is 363 g/mol. The first-order chi connectivity index (χ1) is 13.2. The predicted molar refractivity (Wildman–Crippen MR) is 105 cm³/mol.